The van der Waals surface area contributed by atoms with Gasteiger partial charge < -0.3 is 9.84 Å². The van der Waals surface area contributed by atoms with Crippen LogP contribution in [0.3, 0.4) is 0 Å². The Balaban J connectivity index is 1.37. The lowest BCUT2D eigenvalue weighted by Gasteiger charge is -2.27. The third-order valence-corrected chi connectivity index (χ3v) is 11.2. The Morgan fingerprint density at radius 2 is 1.32 bits per heavy atom. The van der Waals surface area contributed by atoms with Gasteiger partial charge in [0.15, 0.2) is 0 Å². The van der Waals surface area contributed by atoms with Crippen LogP contribution in [0.5, 0.6) is 5.75 Å². The number of rotatable bonds is 7. The minimum Gasteiger partial charge on any atom is -0.495 e. The number of sulfonamides is 1. The van der Waals surface area contributed by atoms with Crippen molar-refractivity contribution in [1.82, 2.24) is 4.98 Å². The molecule has 4 rings (SSSR count). The van der Waals surface area contributed by atoms with Crippen LogP contribution in [0.1, 0.15) is 144 Å². The molecule has 1 aromatic carbocycles. The van der Waals surface area contributed by atoms with E-state index in [0.29, 0.717) is 5.92 Å². The molecule has 2 fully saturated rings. The van der Waals surface area contributed by atoms with Gasteiger partial charge >= 0.3 is 5.97 Å². The lowest BCUT2D eigenvalue weighted by atomic mass is 9.78. The van der Waals surface area contributed by atoms with Crippen molar-refractivity contribution in [2.45, 2.75) is 133 Å². The van der Waals surface area contributed by atoms with Crippen LogP contribution < -0.4 is 9.46 Å². The number of nitrogens with one attached hydrogen (secondary N) is 1. The number of methoxy groups -OCH3 is 1. The molecule has 2 aliphatic carbocycles. The first kappa shape index (κ1) is 34.2. The summed E-state index contributed by atoms with van der Waals surface area (Å²) in [4.78, 5) is 15.8. The summed E-state index contributed by atoms with van der Waals surface area (Å²) in [5.74, 6) is -0.518. The number of aromatic carboxylic acids is 1. The van der Waals surface area contributed by atoms with E-state index in [-0.39, 0.29) is 16.3 Å². The number of halogens is 1. The first-order valence-corrected chi connectivity index (χ1v) is 18.4. The Morgan fingerprint density at radius 3 is 1.80 bits per heavy atom. The lowest BCUT2D eigenvalue weighted by molar-refractivity contribution is 0.0691. The standard InChI is InChI=1S/C35H51FN2O5S/c1-43-34-23-30(35(39)40)31(36)24-33(34)38-44(41,42)29-21-22-32(37-25-29)28-19-12-7-6-11-17-27(18-13-8-14-20-28)26-15-9-4-2-3-5-10-16-26/h21-28,38H,2-20H2,1H3,(H,39,40). The summed E-state index contributed by atoms with van der Waals surface area (Å²) in [6.07, 6.45) is 26.3. The van der Waals surface area contributed by atoms with Gasteiger partial charge in [0, 0.05) is 23.9 Å². The second kappa shape index (κ2) is 17.1. The van der Waals surface area contributed by atoms with E-state index in [1.165, 1.54) is 110 Å². The van der Waals surface area contributed by atoms with E-state index in [4.69, 9.17) is 9.84 Å². The molecule has 9 heteroatoms. The van der Waals surface area contributed by atoms with E-state index in [9.17, 15) is 17.6 Å². The summed E-state index contributed by atoms with van der Waals surface area (Å²) >= 11 is 0. The molecule has 1 heterocycles. The van der Waals surface area contributed by atoms with Crippen LogP contribution in [0.4, 0.5) is 10.1 Å². The molecule has 2 saturated carbocycles. The van der Waals surface area contributed by atoms with Gasteiger partial charge in [-0.2, -0.15) is 0 Å². The second-order valence-corrected chi connectivity index (χ2v) is 14.6. The predicted octanol–water partition coefficient (Wildman–Crippen LogP) is 9.48. The van der Waals surface area contributed by atoms with Gasteiger partial charge in [-0.3, -0.25) is 9.71 Å². The fourth-order valence-corrected chi connectivity index (χ4v) is 8.28. The Hall–Kier alpha value is -2.68. The quantitative estimate of drug-likeness (QED) is 0.316. The highest BCUT2D eigenvalue weighted by atomic mass is 32.2. The Morgan fingerprint density at radius 1 is 0.818 bits per heavy atom. The highest BCUT2D eigenvalue weighted by Crippen LogP contribution is 2.36. The Kier molecular flexibility index (Phi) is 13.3. The molecule has 0 amide bonds. The maximum atomic E-state index is 14.3. The van der Waals surface area contributed by atoms with E-state index in [1.807, 2.05) is 0 Å². The maximum absolute atomic E-state index is 14.3. The number of hydrogen-bond donors (Lipinski definition) is 2. The molecule has 44 heavy (non-hydrogen) atoms. The second-order valence-electron chi connectivity index (χ2n) is 12.9. The van der Waals surface area contributed by atoms with Crippen LogP contribution in [0.25, 0.3) is 0 Å². The van der Waals surface area contributed by atoms with Crippen molar-refractivity contribution in [1.29, 1.82) is 0 Å². The fraction of sp³-hybridized carbons (Fsp3) is 0.657. The van der Waals surface area contributed by atoms with Crippen LogP contribution in [0.2, 0.25) is 0 Å². The number of carbonyl (C=O) groups is 1. The summed E-state index contributed by atoms with van der Waals surface area (Å²) in [6.45, 7) is 0. The van der Waals surface area contributed by atoms with Crippen molar-refractivity contribution in [3.63, 3.8) is 0 Å². The largest absolute Gasteiger partial charge is 0.495 e. The third kappa shape index (κ3) is 9.91. The molecule has 244 valence electrons. The molecule has 2 aromatic rings. The molecule has 2 aliphatic rings. The minimum absolute atomic E-state index is 0.0494. The van der Waals surface area contributed by atoms with E-state index in [0.717, 1.165) is 55.3 Å². The van der Waals surface area contributed by atoms with Crippen molar-refractivity contribution < 1.29 is 27.4 Å². The molecular formula is C35H51FN2O5S. The first-order valence-electron chi connectivity index (χ1n) is 16.9. The summed E-state index contributed by atoms with van der Waals surface area (Å²) in [5, 5.41) is 9.16. The van der Waals surface area contributed by atoms with E-state index in [2.05, 4.69) is 9.71 Å². The maximum Gasteiger partial charge on any atom is 0.338 e. The number of hydrogen-bond acceptors (Lipinski definition) is 5. The highest BCUT2D eigenvalue weighted by Gasteiger charge is 2.24. The molecule has 2 unspecified atom stereocenters. The van der Waals surface area contributed by atoms with E-state index < -0.39 is 27.4 Å². The van der Waals surface area contributed by atoms with Crippen molar-refractivity contribution in [2.24, 2.45) is 11.8 Å². The average Bonchev–Trinajstić information content (AvgIpc) is 3.15. The molecule has 2 atom stereocenters. The fourth-order valence-electron chi connectivity index (χ4n) is 7.28. The van der Waals surface area contributed by atoms with Gasteiger partial charge in [-0.15, -0.1) is 0 Å². The number of anilines is 1. The summed E-state index contributed by atoms with van der Waals surface area (Å²) in [6, 6.07) is 5.12. The van der Waals surface area contributed by atoms with Gasteiger partial charge in [-0.1, -0.05) is 109 Å². The number of pyridine rings is 1. The molecule has 0 bridgehead atoms. The summed E-state index contributed by atoms with van der Waals surface area (Å²) in [5.41, 5.74) is 0.131. The number of carboxylic acid groups (broad SMARTS) is 1. The van der Waals surface area contributed by atoms with Crippen LogP contribution in [-0.2, 0) is 10.0 Å². The molecule has 2 N–H and O–H groups in total. The predicted molar refractivity (Wildman–Crippen MR) is 172 cm³/mol. The Bertz CT molecular complexity index is 1290. The zero-order valence-electron chi connectivity index (χ0n) is 26.4. The van der Waals surface area contributed by atoms with E-state index >= 15 is 0 Å². The van der Waals surface area contributed by atoms with Crippen LogP contribution in [-0.4, -0.2) is 31.6 Å². The number of carboxylic acids is 1. The van der Waals surface area contributed by atoms with Gasteiger partial charge in [-0.05, 0) is 42.9 Å². The summed E-state index contributed by atoms with van der Waals surface area (Å²) < 4.78 is 48.0. The van der Waals surface area contributed by atoms with Crippen LogP contribution in [0, 0.1) is 17.7 Å². The van der Waals surface area contributed by atoms with E-state index in [1.54, 1.807) is 12.1 Å². The topological polar surface area (TPSA) is 106 Å². The van der Waals surface area contributed by atoms with Crippen molar-refractivity contribution in [2.75, 3.05) is 11.8 Å². The smallest absolute Gasteiger partial charge is 0.338 e. The van der Waals surface area contributed by atoms with Gasteiger partial charge in [-0.25, -0.2) is 17.6 Å². The minimum atomic E-state index is -4.11. The van der Waals surface area contributed by atoms with Gasteiger partial charge in [0.2, 0.25) is 0 Å². The van der Waals surface area contributed by atoms with Crippen LogP contribution >= 0.6 is 0 Å². The number of aromatic nitrogens is 1. The van der Waals surface area contributed by atoms with Crippen LogP contribution in [0.15, 0.2) is 35.4 Å². The van der Waals surface area contributed by atoms with Gasteiger partial charge in [0.25, 0.3) is 10.0 Å². The molecule has 1 aromatic heterocycles. The number of benzene rings is 1. The van der Waals surface area contributed by atoms with Crippen molar-refractivity contribution >= 4 is 21.7 Å². The zero-order valence-corrected chi connectivity index (χ0v) is 27.2. The number of nitrogens with zero attached hydrogens (tertiary/aromatic N) is 1. The molecule has 0 radical (unpaired) electrons. The normalized spacial score (nSPS) is 22.2. The summed E-state index contributed by atoms with van der Waals surface area (Å²) in [7, 11) is -2.85. The molecule has 0 spiro atoms. The van der Waals surface area contributed by atoms with Crippen molar-refractivity contribution in [3.05, 3.63) is 47.5 Å². The molecule has 0 aliphatic heterocycles. The molecule has 7 nitrogen and oxygen atoms in total. The first-order chi connectivity index (χ1) is 21.3. The average molecular weight is 631 g/mol. The Labute approximate surface area is 263 Å². The SMILES string of the molecule is COc1cc(C(=O)O)c(F)cc1NS(=O)(=O)c1ccc(C2CCCCCCC(C3CCCCCCCC3)CCCCC2)nc1. The lowest BCUT2D eigenvalue weighted by Crippen LogP contribution is -2.15. The molecule has 0 saturated heterocycles. The third-order valence-electron chi connectivity index (χ3n) is 9.82. The van der Waals surface area contributed by atoms with Crippen molar-refractivity contribution in [3.8, 4) is 5.75 Å². The molecular weight excluding hydrogens is 579 g/mol. The monoisotopic (exact) mass is 630 g/mol. The highest BCUT2D eigenvalue weighted by molar-refractivity contribution is 7.92. The van der Waals surface area contributed by atoms with Gasteiger partial charge in [0.1, 0.15) is 16.5 Å². The van der Waals surface area contributed by atoms with Gasteiger partial charge in [0.05, 0.1) is 18.4 Å². The zero-order chi connectivity index (χ0) is 31.4. The number of ether oxygens (including phenoxy) is 1.